The molecule has 0 bridgehead atoms. The van der Waals surface area contributed by atoms with Crippen molar-refractivity contribution in [3.8, 4) is 0 Å². The fourth-order valence-electron chi connectivity index (χ4n) is 2.41. The van der Waals surface area contributed by atoms with E-state index in [9.17, 15) is 0 Å². The SMILES string of the molecule is CN=C(NCCc1ccncc1C)N(C)Cc1ccc(Cl)cc1. The van der Waals surface area contributed by atoms with Crippen LogP contribution in [0.15, 0.2) is 47.7 Å². The predicted octanol–water partition coefficient (Wildman–Crippen LogP) is 3.29. The lowest BCUT2D eigenvalue weighted by atomic mass is 10.1. The van der Waals surface area contributed by atoms with Crippen molar-refractivity contribution in [1.29, 1.82) is 0 Å². The molecule has 0 amide bonds. The van der Waals surface area contributed by atoms with Crippen LogP contribution in [0.3, 0.4) is 0 Å². The summed E-state index contributed by atoms with van der Waals surface area (Å²) in [5, 5.41) is 4.16. The molecule has 0 aliphatic heterocycles. The lowest BCUT2D eigenvalue weighted by Crippen LogP contribution is -2.39. The van der Waals surface area contributed by atoms with E-state index in [1.807, 2.05) is 43.7 Å². The van der Waals surface area contributed by atoms with E-state index < -0.39 is 0 Å². The van der Waals surface area contributed by atoms with Gasteiger partial charge in [0.25, 0.3) is 0 Å². The molecule has 0 radical (unpaired) electrons. The standard InChI is InChI=1S/C18H23ClN4/c1-14-12-21-10-8-16(14)9-11-22-18(20-2)23(3)13-15-4-6-17(19)7-5-15/h4-8,10,12H,9,11,13H2,1-3H3,(H,20,22). The molecule has 0 fully saturated rings. The summed E-state index contributed by atoms with van der Waals surface area (Å²) in [6.45, 7) is 3.71. The fraction of sp³-hybridized carbons (Fsp3) is 0.333. The molecule has 0 unspecified atom stereocenters. The van der Waals surface area contributed by atoms with Crippen LogP contribution in [-0.4, -0.2) is 36.5 Å². The second-order valence-electron chi connectivity index (χ2n) is 5.51. The Bertz CT molecular complexity index is 652. The second kappa shape index (κ2) is 8.53. The van der Waals surface area contributed by atoms with Gasteiger partial charge in [0.15, 0.2) is 5.96 Å². The third-order valence-corrected chi connectivity index (χ3v) is 3.97. The smallest absolute Gasteiger partial charge is 0.193 e. The number of rotatable bonds is 5. The van der Waals surface area contributed by atoms with E-state index >= 15 is 0 Å². The van der Waals surface area contributed by atoms with Gasteiger partial charge in [-0.3, -0.25) is 9.98 Å². The van der Waals surface area contributed by atoms with Crippen molar-refractivity contribution in [2.75, 3.05) is 20.6 Å². The summed E-state index contributed by atoms with van der Waals surface area (Å²) in [6, 6.07) is 9.95. The van der Waals surface area contributed by atoms with Gasteiger partial charge in [0.1, 0.15) is 0 Å². The minimum Gasteiger partial charge on any atom is -0.356 e. The number of halogens is 1. The van der Waals surface area contributed by atoms with Crippen LogP contribution in [0.4, 0.5) is 0 Å². The van der Waals surface area contributed by atoms with Gasteiger partial charge in [0.2, 0.25) is 0 Å². The molecule has 5 heteroatoms. The van der Waals surface area contributed by atoms with E-state index in [-0.39, 0.29) is 0 Å². The highest BCUT2D eigenvalue weighted by molar-refractivity contribution is 6.30. The lowest BCUT2D eigenvalue weighted by molar-refractivity contribution is 0.477. The van der Waals surface area contributed by atoms with Crippen molar-refractivity contribution in [3.63, 3.8) is 0 Å². The van der Waals surface area contributed by atoms with Crippen LogP contribution in [0.2, 0.25) is 5.02 Å². The van der Waals surface area contributed by atoms with Gasteiger partial charge in [-0.1, -0.05) is 23.7 Å². The van der Waals surface area contributed by atoms with Crippen molar-refractivity contribution >= 4 is 17.6 Å². The van der Waals surface area contributed by atoms with Crippen LogP contribution < -0.4 is 5.32 Å². The highest BCUT2D eigenvalue weighted by Gasteiger charge is 2.07. The zero-order chi connectivity index (χ0) is 16.7. The molecule has 23 heavy (non-hydrogen) atoms. The quantitative estimate of drug-likeness (QED) is 0.675. The number of nitrogens with zero attached hydrogens (tertiary/aromatic N) is 3. The van der Waals surface area contributed by atoms with E-state index in [0.29, 0.717) is 0 Å². The molecule has 1 aromatic heterocycles. The van der Waals surface area contributed by atoms with E-state index in [1.165, 1.54) is 16.7 Å². The molecule has 2 rings (SSSR count). The summed E-state index contributed by atoms with van der Waals surface area (Å²) in [5.74, 6) is 0.881. The van der Waals surface area contributed by atoms with Crippen LogP contribution in [0.25, 0.3) is 0 Å². The van der Waals surface area contributed by atoms with Gasteiger partial charge < -0.3 is 10.2 Å². The Kier molecular flexibility index (Phi) is 6.41. The number of hydrogen-bond acceptors (Lipinski definition) is 2. The molecule has 0 aliphatic carbocycles. The zero-order valence-corrected chi connectivity index (χ0v) is 14.6. The van der Waals surface area contributed by atoms with Crippen molar-refractivity contribution in [3.05, 3.63) is 64.4 Å². The summed E-state index contributed by atoms with van der Waals surface area (Å²) in [7, 11) is 3.83. The van der Waals surface area contributed by atoms with Gasteiger partial charge in [-0.05, 0) is 48.2 Å². The van der Waals surface area contributed by atoms with Crippen LogP contribution >= 0.6 is 11.6 Å². The monoisotopic (exact) mass is 330 g/mol. The molecule has 0 saturated carbocycles. The molecule has 2 aromatic rings. The van der Waals surface area contributed by atoms with E-state index in [4.69, 9.17) is 11.6 Å². The minimum atomic E-state index is 0.756. The maximum atomic E-state index is 5.92. The highest BCUT2D eigenvalue weighted by Crippen LogP contribution is 2.11. The Morgan fingerprint density at radius 1 is 1.26 bits per heavy atom. The average Bonchev–Trinajstić information content (AvgIpc) is 2.55. The van der Waals surface area contributed by atoms with Gasteiger partial charge in [-0.2, -0.15) is 0 Å². The summed E-state index contributed by atoms with van der Waals surface area (Å²) < 4.78 is 0. The third kappa shape index (κ3) is 5.25. The van der Waals surface area contributed by atoms with Crippen LogP contribution in [0, 0.1) is 6.92 Å². The summed E-state index contributed by atoms with van der Waals surface area (Å²) in [4.78, 5) is 10.6. The first-order valence-corrected chi connectivity index (χ1v) is 8.03. The van der Waals surface area contributed by atoms with Crippen molar-refractivity contribution in [1.82, 2.24) is 15.2 Å². The maximum absolute atomic E-state index is 5.92. The predicted molar refractivity (Wildman–Crippen MR) is 97.0 cm³/mol. The Balaban J connectivity index is 1.87. The molecular weight excluding hydrogens is 308 g/mol. The summed E-state index contributed by atoms with van der Waals surface area (Å²) in [5.41, 5.74) is 3.73. The normalized spacial score (nSPS) is 11.4. The van der Waals surface area contributed by atoms with Gasteiger partial charge in [0, 0.05) is 44.6 Å². The van der Waals surface area contributed by atoms with Gasteiger partial charge >= 0.3 is 0 Å². The maximum Gasteiger partial charge on any atom is 0.193 e. The Morgan fingerprint density at radius 3 is 2.65 bits per heavy atom. The van der Waals surface area contributed by atoms with Gasteiger partial charge in [0.05, 0.1) is 0 Å². The number of guanidine groups is 1. The number of benzene rings is 1. The van der Waals surface area contributed by atoms with Crippen LogP contribution in [0.1, 0.15) is 16.7 Å². The molecule has 0 saturated heterocycles. The Hall–Kier alpha value is -2.07. The zero-order valence-electron chi connectivity index (χ0n) is 13.9. The first-order valence-electron chi connectivity index (χ1n) is 7.66. The molecule has 1 N–H and O–H groups in total. The fourth-order valence-corrected chi connectivity index (χ4v) is 2.54. The van der Waals surface area contributed by atoms with Crippen molar-refractivity contribution in [2.45, 2.75) is 19.9 Å². The molecule has 0 atom stereocenters. The Labute approximate surface area is 143 Å². The number of aryl methyl sites for hydroxylation is 1. The van der Waals surface area contributed by atoms with Crippen molar-refractivity contribution in [2.24, 2.45) is 4.99 Å². The third-order valence-electron chi connectivity index (χ3n) is 3.72. The second-order valence-corrected chi connectivity index (χ2v) is 5.95. The average molecular weight is 331 g/mol. The topological polar surface area (TPSA) is 40.5 Å². The van der Waals surface area contributed by atoms with E-state index in [0.717, 1.165) is 30.5 Å². The first kappa shape index (κ1) is 17.3. The number of nitrogens with one attached hydrogen (secondary N) is 1. The molecular formula is C18H23ClN4. The minimum absolute atomic E-state index is 0.756. The molecule has 0 aliphatic rings. The van der Waals surface area contributed by atoms with Crippen LogP contribution in [-0.2, 0) is 13.0 Å². The lowest BCUT2D eigenvalue weighted by Gasteiger charge is -2.22. The summed E-state index contributed by atoms with van der Waals surface area (Å²) in [6.07, 6.45) is 4.68. The molecule has 122 valence electrons. The first-order chi connectivity index (χ1) is 11.1. The molecule has 0 spiro atoms. The summed E-state index contributed by atoms with van der Waals surface area (Å²) >= 11 is 5.92. The Morgan fingerprint density at radius 2 is 2.00 bits per heavy atom. The van der Waals surface area contributed by atoms with E-state index in [1.54, 1.807) is 7.05 Å². The number of hydrogen-bond donors (Lipinski definition) is 1. The highest BCUT2D eigenvalue weighted by atomic mass is 35.5. The van der Waals surface area contributed by atoms with Crippen LogP contribution in [0.5, 0.6) is 0 Å². The molecule has 4 nitrogen and oxygen atoms in total. The molecule has 1 heterocycles. The van der Waals surface area contributed by atoms with Gasteiger partial charge in [-0.15, -0.1) is 0 Å². The number of aromatic nitrogens is 1. The largest absolute Gasteiger partial charge is 0.356 e. The molecule has 1 aromatic carbocycles. The number of pyridine rings is 1. The van der Waals surface area contributed by atoms with E-state index in [2.05, 4.69) is 33.2 Å². The van der Waals surface area contributed by atoms with Gasteiger partial charge in [-0.25, -0.2) is 0 Å². The number of aliphatic imine (C=N–C) groups is 1. The van der Waals surface area contributed by atoms with Crippen molar-refractivity contribution < 1.29 is 0 Å².